The molecular weight excluding hydrogens is 324 g/mol. The highest BCUT2D eigenvalue weighted by molar-refractivity contribution is 5.81. The Morgan fingerprint density at radius 1 is 1.04 bits per heavy atom. The van der Waals surface area contributed by atoms with Crippen molar-refractivity contribution in [2.24, 2.45) is 0 Å². The predicted octanol–water partition coefficient (Wildman–Crippen LogP) is 3.74. The van der Waals surface area contributed by atoms with Gasteiger partial charge in [0.05, 0.1) is 6.54 Å². The normalized spacial score (nSPS) is 10.9. The molecule has 0 aliphatic carbocycles. The van der Waals surface area contributed by atoms with Gasteiger partial charge in [0.25, 0.3) is 5.56 Å². The largest absolute Gasteiger partial charge is 0.338 e. The quantitative estimate of drug-likeness (QED) is 0.764. The smallest absolute Gasteiger partial charge is 0.253 e. The summed E-state index contributed by atoms with van der Waals surface area (Å²) >= 11 is 0. The van der Waals surface area contributed by atoms with Crippen molar-refractivity contribution < 1.29 is 4.79 Å². The fourth-order valence-electron chi connectivity index (χ4n) is 3.10. The summed E-state index contributed by atoms with van der Waals surface area (Å²) in [5, 5.41) is 0.995. The summed E-state index contributed by atoms with van der Waals surface area (Å²) in [7, 11) is 0. The van der Waals surface area contributed by atoms with Crippen LogP contribution in [0.2, 0.25) is 0 Å². The molecule has 0 radical (unpaired) electrons. The summed E-state index contributed by atoms with van der Waals surface area (Å²) in [5.74, 6) is -0.0273. The van der Waals surface area contributed by atoms with E-state index < -0.39 is 0 Å². The lowest BCUT2D eigenvalue weighted by Gasteiger charge is -2.21. The van der Waals surface area contributed by atoms with Crippen molar-refractivity contribution in [3.8, 4) is 0 Å². The van der Waals surface area contributed by atoms with Gasteiger partial charge in [0.1, 0.15) is 0 Å². The Morgan fingerprint density at radius 3 is 2.42 bits per heavy atom. The highest BCUT2D eigenvalue weighted by atomic mass is 16.2. The second kappa shape index (κ2) is 7.56. The van der Waals surface area contributed by atoms with E-state index in [-0.39, 0.29) is 11.5 Å². The topological polar surface area (TPSA) is 53.2 Å². The Kier molecular flexibility index (Phi) is 5.21. The van der Waals surface area contributed by atoms with Crippen molar-refractivity contribution in [3.05, 3.63) is 81.1 Å². The van der Waals surface area contributed by atoms with Gasteiger partial charge in [0.2, 0.25) is 5.91 Å². The van der Waals surface area contributed by atoms with E-state index in [4.69, 9.17) is 0 Å². The lowest BCUT2D eigenvalue weighted by Crippen LogP contribution is -2.32. The lowest BCUT2D eigenvalue weighted by molar-refractivity contribution is -0.129. The third kappa shape index (κ3) is 4.02. The molecule has 0 unspecified atom stereocenters. The van der Waals surface area contributed by atoms with Gasteiger partial charge in [-0.25, -0.2) is 0 Å². The van der Waals surface area contributed by atoms with Crippen LogP contribution in [-0.2, 0) is 17.8 Å². The number of aromatic nitrogens is 1. The fourth-order valence-corrected chi connectivity index (χ4v) is 3.10. The zero-order chi connectivity index (χ0) is 18.7. The molecule has 0 aliphatic heterocycles. The van der Waals surface area contributed by atoms with Crippen LogP contribution in [0.4, 0.5) is 0 Å². The Morgan fingerprint density at radius 2 is 1.73 bits per heavy atom. The molecule has 1 amide bonds. The van der Waals surface area contributed by atoms with Crippen molar-refractivity contribution in [3.63, 3.8) is 0 Å². The molecule has 0 saturated carbocycles. The van der Waals surface area contributed by atoms with Gasteiger partial charge in [-0.05, 0) is 60.5 Å². The number of amides is 1. The number of carbonyl (C=O) groups excluding carboxylic acids is 1. The minimum absolute atomic E-state index is 0.0273. The standard InChI is InChI=1S/C22H24N2O2/c1-15-11-19-13-20(22(26)23-21(19)12-16(15)2)14-24(17(3)25)10-9-18-7-5-4-6-8-18/h4-8,11-13H,9-10,14H2,1-3H3,(H,23,26). The predicted molar refractivity (Wildman–Crippen MR) is 105 cm³/mol. The first kappa shape index (κ1) is 17.9. The zero-order valence-electron chi connectivity index (χ0n) is 15.5. The summed E-state index contributed by atoms with van der Waals surface area (Å²) < 4.78 is 0. The third-order valence-electron chi connectivity index (χ3n) is 4.86. The molecule has 0 saturated heterocycles. The zero-order valence-corrected chi connectivity index (χ0v) is 15.5. The second-order valence-corrected chi connectivity index (χ2v) is 6.82. The molecule has 4 nitrogen and oxygen atoms in total. The van der Waals surface area contributed by atoms with E-state index in [1.165, 1.54) is 11.1 Å². The number of hydrogen-bond donors (Lipinski definition) is 1. The molecular formula is C22H24N2O2. The van der Waals surface area contributed by atoms with Gasteiger partial charge in [-0.15, -0.1) is 0 Å². The molecule has 1 heterocycles. The number of benzene rings is 2. The van der Waals surface area contributed by atoms with Crippen LogP contribution in [0.3, 0.4) is 0 Å². The average Bonchev–Trinajstić information content (AvgIpc) is 2.61. The molecule has 26 heavy (non-hydrogen) atoms. The summed E-state index contributed by atoms with van der Waals surface area (Å²) in [6.45, 7) is 6.54. The van der Waals surface area contributed by atoms with E-state index in [2.05, 4.69) is 18.0 Å². The number of aromatic amines is 1. The molecule has 0 bridgehead atoms. The van der Waals surface area contributed by atoms with Crippen LogP contribution in [0.25, 0.3) is 10.9 Å². The van der Waals surface area contributed by atoms with Crippen LogP contribution in [0.15, 0.2) is 53.3 Å². The number of carbonyl (C=O) groups is 1. The van der Waals surface area contributed by atoms with E-state index in [9.17, 15) is 9.59 Å². The fraction of sp³-hybridized carbons (Fsp3) is 0.273. The molecule has 3 rings (SSSR count). The van der Waals surface area contributed by atoms with Gasteiger partial charge in [0.15, 0.2) is 0 Å². The SMILES string of the molecule is CC(=O)N(CCc1ccccc1)Cc1cc2cc(C)c(C)cc2[nH]c1=O. The summed E-state index contributed by atoms with van der Waals surface area (Å²) in [6.07, 6.45) is 0.768. The van der Waals surface area contributed by atoms with Gasteiger partial charge in [-0.2, -0.15) is 0 Å². The first-order valence-corrected chi connectivity index (χ1v) is 8.86. The number of aryl methyl sites for hydroxylation is 2. The molecule has 2 aromatic carbocycles. The first-order chi connectivity index (χ1) is 12.4. The number of nitrogens with zero attached hydrogens (tertiary/aromatic N) is 1. The Labute approximate surface area is 153 Å². The second-order valence-electron chi connectivity index (χ2n) is 6.82. The van der Waals surface area contributed by atoms with Crippen molar-refractivity contribution >= 4 is 16.8 Å². The van der Waals surface area contributed by atoms with Gasteiger partial charge in [-0.1, -0.05) is 30.3 Å². The van der Waals surface area contributed by atoms with Gasteiger partial charge < -0.3 is 9.88 Å². The van der Waals surface area contributed by atoms with Crippen LogP contribution in [0.5, 0.6) is 0 Å². The summed E-state index contributed by atoms with van der Waals surface area (Å²) in [6, 6.07) is 16.0. The van der Waals surface area contributed by atoms with Crippen LogP contribution in [0.1, 0.15) is 29.2 Å². The van der Waals surface area contributed by atoms with Crippen molar-refractivity contribution in [2.75, 3.05) is 6.54 Å². The number of rotatable bonds is 5. The number of H-pyrrole nitrogens is 1. The molecule has 134 valence electrons. The number of hydrogen-bond acceptors (Lipinski definition) is 2. The minimum Gasteiger partial charge on any atom is -0.338 e. The third-order valence-corrected chi connectivity index (χ3v) is 4.86. The van der Waals surface area contributed by atoms with Crippen molar-refractivity contribution in [2.45, 2.75) is 33.7 Å². The van der Waals surface area contributed by atoms with E-state index in [0.717, 1.165) is 22.9 Å². The van der Waals surface area contributed by atoms with Gasteiger partial charge in [-0.3, -0.25) is 9.59 Å². The van der Waals surface area contributed by atoms with Gasteiger partial charge >= 0.3 is 0 Å². The van der Waals surface area contributed by atoms with Gasteiger partial charge in [0, 0.05) is 24.5 Å². The molecule has 0 spiro atoms. The maximum Gasteiger partial charge on any atom is 0.253 e. The number of nitrogens with one attached hydrogen (secondary N) is 1. The molecule has 1 aromatic heterocycles. The van der Waals surface area contributed by atoms with E-state index in [0.29, 0.717) is 18.7 Å². The maximum absolute atomic E-state index is 12.5. The monoisotopic (exact) mass is 348 g/mol. The van der Waals surface area contributed by atoms with E-state index in [1.807, 2.05) is 49.4 Å². The Balaban J connectivity index is 1.84. The summed E-state index contributed by atoms with van der Waals surface area (Å²) in [4.78, 5) is 29.2. The molecule has 1 N–H and O–H groups in total. The maximum atomic E-state index is 12.5. The Hall–Kier alpha value is -2.88. The van der Waals surface area contributed by atoms with E-state index in [1.54, 1.807) is 11.8 Å². The number of pyridine rings is 1. The van der Waals surface area contributed by atoms with Crippen LogP contribution in [0, 0.1) is 13.8 Å². The van der Waals surface area contributed by atoms with Crippen LogP contribution in [-0.4, -0.2) is 22.3 Å². The van der Waals surface area contributed by atoms with Crippen molar-refractivity contribution in [1.82, 2.24) is 9.88 Å². The Bertz CT molecular complexity index is 990. The first-order valence-electron chi connectivity index (χ1n) is 8.86. The molecule has 0 atom stereocenters. The highest BCUT2D eigenvalue weighted by Gasteiger charge is 2.13. The molecule has 4 heteroatoms. The van der Waals surface area contributed by atoms with Crippen molar-refractivity contribution in [1.29, 1.82) is 0 Å². The molecule has 3 aromatic rings. The lowest BCUT2D eigenvalue weighted by atomic mass is 10.0. The highest BCUT2D eigenvalue weighted by Crippen LogP contribution is 2.18. The average molecular weight is 348 g/mol. The summed E-state index contributed by atoms with van der Waals surface area (Å²) in [5.41, 5.74) is 4.82. The van der Waals surface area contributed by atoms with E-state index >= 15 is 0 Å². The van der Waals surface area contributed by atoms with Crippen LogP contribution < -0.4 is 5.56 Å². The van der Waals surface area contributed by atoms with Crippen LogP contribution >= 0.6 is 0 Å². The minimum atomic E-state index is -0.133. The number of fused-ring (bicyclic) bond motifs is 1. The molecule has 0 fully saturated rings. The molecule has 0 aliphatic rings.